The van der Waals surface area contributed by atoms with Gasteiger partial charge >= 0.3 is 12.1 Å². The van der Waals surface area contributed by atoms with Gasteiger partial charge in [-0.15, -0.1) is 11.8 Å². The highest BCUT2D eigenvalue weighted by atomic mass is 32.2. The number of carbonyl (C=O) groups is 2. The maximum Gasteiger partial charge on any atom is 0.416 e. The Balaban J connectivity index is 2.28. The van der Waals surface area contributed by atoms with Crippen LogP contribution < -0.4 is 0 Å². The number of alkyl halides is 3. The molecule has 8 heteroatoms. The number of aliphatic carboxylic acids is 1. The van der Waals surface area contributed by atoms with E-state index in [0.717, 1.165) is 12.1 Å². The lowest BCUT2D eigenvalue weighted by molar-refractivity contribution is -0.148. The average Bonchev–Trinajstić information content (AvgIpc) is 2.78. The van der Waals surface area contributed by atoms with E-state index in [4.69, 9.17) is 5.11 Å². The summed E-state index contributed by atoms with van der Waals surface area (Å²) in [5.41, 5.74) is -0.301. The number of hydrogen-bond donors (Lipinski definition) is 1. The molecule has 0 unspecified atom stereocenters. The highest BCUT2D eigenvalue weighted by Crippen LogP contribution is 2.40. The molecule has 1 aliphatic rings. The van der Waals surface area contributed by atoms with Crippen LogP contribution in [-0.4, -0.2) is 33.7 Å². The van der Waals surface area contributed by atoms with Gasteiger partial charge < -0.3 is 10.0 Å². The summed E-state index contributed by atoms with van der Waals surface area (Å²) in [6, 6.07) is 3.39. The standard InChI is InChI=1S/C13H12F3NO3S/c1-7(12(19)20)17-10(18)6-21-11(17)8-2-4-9(5-3-8)13(14,15)16/h2-5,7,11H,6H2,1H3,(H,19,20)/t7-,11-/m1/s1. The monoisotopic (exact) mass is 319 g/mol. The van der Waals surface area contributed by atoms with E-state index < -0.39 is 29.1 Å². The molecule has 1 fully saturated rings. The number of carboxylic acids is 1. The fourth-order valence-corrected chi connectivity index (χ4v) is 3.33. The zero-order valence-electron chi connectivity index (χ0n) is 10.9. The Morgan fingerprint density at radius 3 is 2.43 bits per heavy atom. The Morgan fingerprint density at radius 2 is 1.95 bits per heavy atom. The van der Waals surface area contributed by atoms with Gasteiger partial charge in [-0.3, -0.25) is 4.79 Å². The van der Waals surface area contributed by atoms with Crippen molar-refractivity contribution < 1.29 is 27.9 Å². The van der Waals surface area contributed by atoms with Crippen LogP contribution in [0.15, 0.2) is 24.3 Å². The topological polar surface area (TPSA) is 57.6 Å². The molecule has 4 nitrogen and oxygen atoms in total. The molecule has 0 aromatic heterocycles. The van der Waals surface area contributed by atoms with Crippen molar-refractivity contribution >= 4 is 23.6 Å². The molecule has 1 amide bonds. The molecular formula is C13H12F3NO3S. The molecule has 0 saturated carbocycles. The van der Waals surface area contributed by atoms with Crippen molar-refractivity contribution in [1.29, 1.82) is 0 Å². The van der Waals surface area contributed by atoms with Crippen LogP contribution in [0.25, 0.3) is 0 Å². The fraction of sp³-hybridized carbons (Fsp3) is 0.385. The molecule has 2 rings (SSSR count). The van der Waals surface area contributed by atoms with E-state index in [0.29, 0.717) is 5.56 Å². The number of carbonyl (C=O) groups excluding carboxylic acids is 1. The Hall–Kier alpha value is -1.70. The van der Waals surface area contributed by atoms with Crippen LogP contribution in [0, 0.1) is 0 Å². The second-order valence-electron chi connectivity index (χ2n) is 4.60. The number of nitrogens with zero attached hydrogens (tertiary/aromatic N) is 1. The molecule has 114 valence electrons. The number of thioether (sulfide) groups is 1. The lowest BCUT2D eigenvalue weighted by Gasteiger charge is -2.27. The molecule has 1 heterocycles. The van der Waals surface area contributed by atoms with E-state index in [1.54, 1.807) is 0 Å². The van der Waals surface area contributed by atoms with E-state index in [2.05, 4.69) is 0 Å². The quantitative estimate of drug-likeness (QED) is 0.931. The van der Waals surface area contributed by atoms with Crippen LogP contribution in [0.5, 0.6) is 0 Å². The van der Waals surface area contributed by atoms with Crippen LogP contribution in [0.3, 0.4) is 0 Å². The molecule has 1 aliphatic heterocycles. The van der Waals surface area contributed by atoms with Crippen molar-refractivity contribution in [2.24, 2.45) is 0 Å². The summed E-state index contributed by atoms with van der Waals surface area (Å²) in [4.78, 5) is 24.0. The summed E-state index contributed by atoms with van der Waals surface area (Å²) >= 11 is 1.20. The van der Waals surface area contributed by atoms with Crippen molar-refractivity contribution in [2.45, 2.75) is 24.5 Å². The largest absolute Gasteiger partial charge is 0.480 e. The molecule has 1 aromatic carbocycles. The van der Waals surface area contributed by atoms with Crippen molar-refractivity contribution in [3.63, 3.8) is 0 Å². The first-order chi connectivity index (χ1) is 9.71. The molecule has 1 N–H and O–H groups in total. The lowest BCUT2D eigenvalue weighted by atomic mass is 10.1. The highest BCUT2D eigenvalue weighted by Gasteiger charge is 2.39. The minimum absolute atomic E-state index is 0.114. The number of rotatable bonds is 3. The SMILES string of the molecule is C[C@H](C(=O)O)N1C(=O)CS[C@@H]1c1ccc(C(F)(F)F)cc1. The second kappa shape index (κ2) is 5.59. The van der Waals surface area contributed by atoms with Gasteiger partial charge in [-0.2, -0.15) is 13.2 Å². The van der Waals surface area contributed by atoms with E-state index in [-0.39, 0.29) is 11.7 Å². The Labute approximate surface area is 122 Å². The van der Waals surface area contributed by atoms with Crippen molar-refractivity contribution in [3.05, 3.63) is 35.4 Å². The summed E-state index contributed by atoms with van der Waals surface area (Å²) in [5, 5.41) is 8.45. The maximum absolute atomic E-state index is 12.5. The molecule has 0 radical (unpaired) electrons. The van der Waals surface area contributed by atoms with Gasteiger partial charge in [-0.05, 0) is 24.6 Å². The molecule has 2 atom stereocenters. The van der Waals surface area contributed by atoms with Crippen LogP contribution in [0.4, 0.5) is 13.2 Å². The number of amides is 1. The first-order valence-electron chi connectivity index (χ1n) is 6.04. The molecule has 0 spiro atoms. The highest BCUT2D eigenvalue weighted by molar-refractivity contribution is 8.00. The second-order valence-corrected chi connectivity index (χ2v) is 5.67. The van der Waals surface area contributed by atoms with E-state index in [9.17, 15) is 22.8 Å². The van der Waals surface area contributed by atoms with E-state index in [1.807, 2.05) is 0 Å². The molecule has 0 aliphatic carbocycles. The van der Waals surface area contributed by atoms with Gasteiger partial charge in [-0.25, -0.2) is 4.79 Å². The average molecular weight is 319 g/mol. The summed E-state index contributed by atoms with van der Waals surface area (Å²) in [5.74, 6) is -1.37. The summed E-state index contributed by atoms with van der Waals surface area (Å²) < 4.78 is 37.6. The molecule has 21 heavy (non-hydrogen) atoms. The van der Waals surface area contributed by atoms with Gasteiger partial charge in [-0.1, -0.05) is 12.1 Å². The summed E-state index contributed by atoms with van der Waals surface area (Å²) in [6.07, 6.45) is -4.43. The van der Waals surface area contributed by atoms with Crippen molar-refractivity contribution in [3.8, 4) is 0 Å². The molecule has 0 bridgehead atoms. The van der Waals surface area contributed by atoms with Crippen LogP contribution in [0.2, 0.25) is 0 Å². The first-order valence-corrected chi connectivity index (χ1v) is 7.09. The van der Waals surface area contributed by atoms with Gasteiger partial charge in [0.05, 0.1) is 11.3 Å². The maximum atomic E-state index is 12.5. The Bertz CT molecular complexity index is 559. The molecule has 1 aromatic rings. The zero-order valence-corrected chi connectivity index (χ0v) is 11.7. The van der Waals surface area contributed by atoms with Crippen molar-refractivity contribution in [2.75, 3.05) is 5.75 Å². The van der Waals surface area contributed by atoms with Crippen LogP contribution >= 0.6 is 11.8 Å². The predicted molar refractivity (Wildman–Crippen MR) is 70.6 cm³/mol. The number of hydrogen-bond acceptors (Lipinski definition) is 3. The minimum atomic E-state index is -4.43. The van der Waals surface area contributed by atoms with Gasteiger partial charge in [0, 0.05) is 0 Å². The van der Waals surface area contributed by atoms with Crippen molar-refractivity contribution in [1.82, 2.24) is 4.90 Å². The molecule has 1 saturated heterocycles. The van der Waals surface area contributed by atoms with Gasteiger partial charge in [0.2, 0.25) is 5.91 Å². The third-order valence-electron chi connectivity index (χ3n) is 3.20. The summed E-state index contributed by atoms with van der Waals surface area (Å²) in [6.45, 7) is 1.38. The van der Waals surface area contributed by atoms with Crippen LogP contribution in [0.1, 0.15) is 23.4 Å². The third kappa shape index (κ3) is 3.15. The smallest absolute Gasteiger partial charge is 0.416 e. The summed E-state index contributed by atoms with van der Waals surface area (Å²) in [7, 11) is 0. The fourth-order valence-electron chi connectivity index (χ4n) is 2.07. The Morgan fingerprint density at radius 1 is 1.38 bits per heavy atom. The van der Waals surface area contributed by atoms with E-state index in [1.165, 1.54) is 35.7 Å². The number of halogens is 3. The van der Waals surface area contributed by atoms with Crippen LogP contribution in [-0.2, 0) is 15.8 Å². The molecular weight excluding hydrogens is 307 g/mol. The van der Waals surface area contributed by atoms with Gasteiger partial charge in [0.25, 0.3) is 0 Å². The predicted octanol–water partition coefficient (Wildman–Crippen LogP) is 2.75. The third-order valence-corrected chi connectivity index (χ3v) is 4.43. The minimum Gasteiger partial charge on any atom is -0.480 e. The Kier molecular flexibility index (Phi) is 4.18. The van der Waals surface area contributed by atoms with Gasteiger partial charge in [0.1, 0.15) is 11.4 Å². The number of benzene rings is 1. The first kappa shape index (κ1) is 15.7. The number of carboxylic acid groups (broad SMARTS) is 1. The zero-order chi connectivity index (χ0) is 15.8. The van der Waals surface area contributed by atoms with E-state index >= 15 is 0 Å². The van der Waals surface area contributed by atoms with Gasteiger partial charge in [0.15, 0.2) is 0 Å². The normalized spacial score (nSPS) is 20.7. The lowest BCUT2D eigenvalue weighted by Crippen LogP contribution is -2.41.